The van der Waals surface area contributed by atoms with Gasteiger partial charge in [-0.25, -0.2) is 9.69 Å². The van der Waals surface area contributed by atoms with Crippen LogP contribution in [-0.2, 0) is 11.4 Å². The van der Waals surface area contributed by atoms with Crippen molar-refractivity contribution >= 4 is 40.9 Å². The SMILES string of the molecule is CCC(C(=O)N1CCSc2nnc(COc3ccc(Cl)cc3Cl)n21)c1ccccc1. The van der Waals surface area contributed by atoms with Gasteiger partial charge in [-0.05, 0) is 30.2 Å². The van der Waals surface area contributed by atoms with Gasteiger partial charge in [0.05, 0.1) is 17.5 Å². The highest BCUT2D eigenvalue weighted by Crippen LogP contribution is 2.30. The lowest BCUT2D eigenvalue weighted by molar-refractivity contribution is -0.121. The molecule has 0 fully saturated rings. The number of thioether (sulfide) groups is 1. The molecule has 0 spiro atoms. The van der Waals surface area contributed by atoms with Crippen molar-refractivity contribution in [2.75, 3.05) is 17.3 Å². The smallest absolute Gasteiger partial charge is 0.249 e. The van der Waals surface area contributed by atoms with Gasteiger partial charge in [0.2, 0.25) is 11.1 Å². The van der Waals surface area contributed by atoms with E-state index < -0.39 is 0 Å². The minimum Gasteiger partial charge on any atom is -0.484 e. The maximum absolute atomic E-state index is 13.5. The van der Waals surface area contributed by atoms with Gasteiger partial charge in [0.1, 0.15) is 12.4 Å². The second kappa shape index (κ2) is 9.29. The maximum atomic E-state index is 13.5. The number of carbonyl (C=O) groups is 1. The number of amides is 1. The Balaban J connectivity index is 1.59. The Morgan fingerprint density at radius 3 is 2.73 bits per heavy atom. The van der Waals surface area contributed by atoms with E-state index in [1.807, 2.05) is 37.3 Å². The number of fused-ring (bicyclic) bond motifs is 1. The van der Waals surface area contributed by atoms with E-state index in [4.69, 9.17) is 27.9 Å². The summed E-state index contributed by atoms with van der Waals surface area (Å²) in [4.78, 5) is 13.5. The van der Waals surface area contributed by atoms with Crippen molar-refractivity contribution in [3.05, 3.63) is 70.0 Å². The van der Waals surface area contributed by atoms with Crippen LogP contribution in [0.25, 0.3) is 0 Å². The molecule has 156 valence electrons. The van der Waals surface area contributed by atoms with Crippen LogP contribution in [-0.4, -0.2) is 33.1 Å². The van der Waals surface area contributed by atoms with E-state index in [9.17, 15) is 4.79 Å². The van der Waals surface area contributed by atoms with Crippen LogP contribution in [0.1, 0.15) is 30.7 Å². The number of halogens is 2. The molecule has 1 aliphatic rings. The van der Waals surface area contributed by atoms with Crippen molar-refractivity contribution in [3.8, 4) is 5.75 Å². The lowest BCUT2D eigenvalue weighted by Gasteiger charge is -2.32. The summed E-state index contributed by atoms with van der Waals surface area (Å²) in [5.74, 6) is 1.59. The first kappa shape index (κ1) is 21.0. The normalized spacial score (nSPS) is 14.3. The third kappa shape index (κ3) is 4.29. The van der Waals surface area contributed by atoms with E-state index in [1.54, 1.807) is 39.6 Å². The van der Waals surface area contributed by atoms with Gasteiger partial charge >= 0.3 is 0 Å². The largest absolute Gasteiger partial charge is 0.484 e. The first-order valence-corrected chi connectivity index (χ1v) is 11.3. The van der Waals surface area contributed by atoms with Gasteiger partial charge in [-0.3, -0.25) is 4.79 Å². The van der Waals surface area contributed by atoms with Crippen LogP contribution < -0.4 is 9.75 Å². The zero-order valence-corrected chi connectivity index (χ0v) is 18.6. The summed E-state index contributed by atoms with van der Waals surface area (Å²) in [5, 5.41) is 11.9. The molecule has 1 atom stereocenters. The monoisotopic (exact) mass is 462 g/mol. The third-order valence-electron chi connectivity index (χ3n) is 4.87. The summed E-state index contributed by atoms with van der Waals surface area (Å²) in [6, 6.07) is 14.9. The molecule has 1 aliphatic heterocycles. The van der Waals surface area contributed by atoms with Crippen molar-refractivity contribution in [2.24, 2.45) is 0 Å². The molecule has 1 amide bonds. The van der Waals surface area contributed by atoms with Crippen molar-refractivity contribution in [1.29, 1.82) is 0 Å². The highest BCUT2D eigenvalue weighted by molar-refractivity contribution is 7.99. The molecule has 4 rings (SSSR count). The molecule has 2 heterocycles. The number of hydrogen-bond acceptors (Lipinski definition) is 5. The Kier molecular flexibility index (Phi) is 6.51. The molecule has 2 aromatic carbocycles. The number of benzene rings is 2. The molecule has 0 N–H and O–H groups in total. The highest BCUT2D eigenvalue weighted by Gasteiger charge is 2.32. The van der Waals surface area contributed by atoms with Crippen molar-refractivity contribution in [2.45, 2.75) is 31.0 Å². The molecule has 0 bridgehead atoms. The van der Waals surface area contributed by atoms with Gasteiger partial charge in [0.15, 0.2) is 5.82 Å². The van der Waals surface area contributed by atoms with Crippen LogP contribution in [0.3, 0.4) is 0 Å². The molecule has 6 nitrogen and oxygen atoms in total. The first-order chi connectivity index (χ1) is 14.6. The quantitative estimate of drug-likeness (QED) is 0.519. The predicted octanol–water partition coefficient (Wildman–Crippen LogP) is 4.93. The molecule has 3 aromatic rings. The summed E-state index contributed by atoms with van der Waals surface area (Å²) >= 11 is 13.7. The summed E-state index contributed by atoms with van der Waals surface area (Å²) in [7, 11) is 0. The fraction of sp³-hybridized carbons (Fsp3) is 0.286. The van der Waals surface area contributed by atoms with E-state index in [0.717, 1.165) is 11.3 Å². The average Bonchev–Trinajstić information content (AvgIpc) is 3.17. The van der Waals surface area contributed by atoms with Gasteiger partial charge in [0.25, 0.3) is 0 Å². The third-order valence-corrected chi connectivity index (χ3v) is 6.30. The maximum Gasteiger partial charge on any atom is 0.249 e. The van der Waals surface area contributed by atoms with Gasteiger partial charge in [-0.15, -0.1) is 10.2 Å². The predicted molar refractivity (Wildman–Crippen MR) is 119 cm³/mol. The average molecular weight is 463 g/mol. The summed E-state index contributed by atoms with van der Waals surface area (Å²) in [6.07, 6.45) is 0.705. The van der Waals surface area contributed by atoms with E-state index in [-0.39, 0.29) is 18.4 Å². The van der Waals surface area contributed by atoms with E-state index in [1.165, 1.54) is 0 Å². The molecular weight excluding hydrogens is 443 g/mol. The molecule has 1 unspecified atom stereocenters. The zero-order valence-electron chi connectivity index (χ0n) is 16.3. The molecule has 0 saturated heterocycles. The van der Waals surface area contributed by atoms with Gasteiger partial charge < -0.3 is 4.74 Å². The van der Waals surface area contributed by atoms with Crippen LogP contribution in [0, 0.1) is 0 Å². The van der Waals surface area contributed by atoms with Crippen LogP contribution in [0.5, 0.6) is 5.75 Å². The topological polar surface area (TPSA) is 60.3 Å². The number of nitrogens with zero attached hydrogens (tertiary/aromatic N) is 4. The van der Waals surface area contributed by atoms with Crippen molar-refractivity contribution in [1.82, 2.24) is 14.9 Å². The van der Waals surface area contributed by atoms with Crippen LogP contribution in [0.2, 0.25) is 10.0 Å². The summed E-state index contributed by atoms with van der Waals surface area (Å²) in [6.45, 7) is 2.72. The molecule has 9 heteroatoms. The second-order valence-corrected chi connectivity index (χ2v) is 8.66. The standard InChI is InChI=1S/C21H20Cl2N4O2S/c1-2-16(14-6-4-3-5-7-14)20(28)26-10-11-30-21-25-24-19(27(21)26)13-29-18-9-8-15(22)12-17(18)23/h3-9,12,16H,2,10-11,13H2,1H3. The minimum absolute atomic E-state index is 0.0239. The van der Waals surface area contributed by atoms with Gasteiger partial charge in [-0.1, -0.05) is 72.2 Å². The number of aromatic nitrogens is 3. The first-order valence-electron chi connectivity index (χ1n) is 9.60. The fourth-order valence-corrected chi connectivity index (χ4v) is 4.74. The Morgan fingerprint density at radius 1 is 1.20 bits per heavy atom. The molecule has 30 heavy (non-hydrogen) atoms. The fourth-order valence-electron chi connectivity index (χ4n) is 3.40. The Labute approximate surface area is 189 Å². The Hall–Kier alpha value is -2.22. The van der Waals surface area contributed by atoms with E-state index >= 15 is 0 Å². The summed E-state index contributed by atoms with van der Waals surface area (Å²) in [5.41, 5.74) is 1.00. The van der Waals surface area contributed by atoms with Crippen molar-refractivity contribution in [3.63, 3.8) is 0 Å². The number of rotatable bonds is 6. The van der Waals surface area contributed by atoms with Crippen molar-refractivity contribution < 1.29 is 9.53 Å². The molecular formula is C21H20Cl2N4O2S. The van der Waals surface area contributed by atoms with Crippen LogP contribution in [0.15, 0.2) is 53.7 Å². The van der Waals surface area contributed by atoms with Gasteiger partial charge in [-0.2, -0.15) is 0 Å². The van der Waals surface area contributed by atoms with Crippen LogP contribution in [0.4, 0.5) is 0 Å². The highest BCUT2D eigenvalue weighted by atomic mass is 35.5. The van der Waals surface area contributed by atoms with Gasteiger partial charge in [0, 0.05) is 10.8 Å². The number of ether oxygens (including phenoxy) is 1. The molecule has 0 aliphatic carbocycles. The number of carbonyl (C=O) groups excluding carboxylic acids is 1. The summed E-state index contributed by atoms with van der Waals surface area (Å²) < 4.78 is 7.61. The molecule has 1 aromatic heterocycles. The minimum atomic E-state index is -0.232. The van der Waals surface area contributed by atoms with E-state index in [0.29, 0.717) is 39.7 Å². The lowest BCUT2D eigenvalue weighted by Crippen LogP contribution is -2.48. The Morgan fingerprint density at radius 2 is 2.00 bits per heavy atom. The zero-order chi connectivity index (χ0) is 21.1. The lowest BCUT2D eigenvalue weighted by atomic mass is 9.95. The van der Waals surface area contributed by atoms with E-state index in [2.05, 4.69) is 10.2 Å². The number of hydrogen-bond donors (Lipinski definition) is 0. The van der Waals surface area contributed by atoms with Crippen LogP contribution >= 0.6 is 35.0 Å². The second-order valence-electron chi connectivity index (χ2n) is 6.76. The molecule has 0 radical (unpaired) electrons. The molecule has 0 saturated carbocycles. The Bertz CT molecular complexity index is 1040.